The molecule has 2 aliphatic heterocycles. The van der Waals surface area contributed by atoms with Gasteiger partial charge < -0.3 is 30.0 Å². The zero-order valence-corrected chi connectivity index (χ0v) is 15.0. The van der Waals surface area contributed by atoms with Gasteiger partial charge in [0, 0.05) is 11.9 Å². The second-order valence-electron chi connectivity index (χ2n) is 6.71. The molecule has 0 saturated carbocycles. The van der Waals surface area contributed by atoms with Crippen LogP contribution in [-0.2, 0) is 9.47 Å². The van der Waals surface area contributed by atoms with Crippen molar-refractivity contribution < 1.29 is 24.1 Å². The van der Waals surface area contributed by atoms with E-state index in [2.05, 4.69) is 15.7 Å². The molecule has 144 valence electrons. The van der Waals surface area contributed by atoms with Crippen LogP contribution in [0.25, 0.3) is 0 Å². The molecule has 2 aromatic rings. The molecule has 1 aromatic heterocycles. The van der Waals surface area contributed by atoms with Crippen LogP contribution in [0, 0.1) is 6.92 Å². The second kappa shape index (κ2) is 7.18. The van der Waals surface area contributed by atoms with Crippen LogP contribution in [0.4, 0.5) is 10.5 Å². The molecular formula is C18H22N4O5. The SMILES string of the molecule is COc1ccc(NC(=O)N[C@H]2[C@H](O)[C@@H](n3cc(C)cn3)[C@@H]3OC[C@H]2O3)cc1. The number of nitrogens with zero attached hydrogens (tertiary/aromatic N) is 2. The Bertz CT molecular complexity index is 808. The third kappa shape index (κ3) is 3.48. The first-order chi connectivity index (χ1) is 13.0. The van der Waals surface area contributed by atoms with Crippen LogP contribution in [0.15, 0.2) is 36.7 Å². The lowest BCUT2D eigenvalue weighted by atomic mass is 9.96. The van der Waals surface area contributed by atoms with Gasteiger partial charge in [-0.05, 0) is 36.8 Å². The quantitative estimate of drug-likeness (QED) is 0.738. The molecule has 9 heteroatoms. The molecule has 3 heterocycles. The predicted octanol–water partition coefficient (Wildman–Crippen LogP) is 1.05. The van der Waals surface area contributed by atoms with Crippen molar-refractivity contribution in [1.82, 2.24) is 15.1 Å². The highest BCUT2D eigenvalue weighted by molar-refractivity contribution is 5.89. The van der Waals surface area contributed by atoms with Crippen LogP contribution < -0.4 is 15.4 Å². The van der Waals surface area contributed by atoms with Gasteiger partial charge in [-0.2, -0.15) is 5.10 Å². The van der Waals surface area contributed by atoms with Gasteiger partial charge in [-0.25, -0.2) is 4.79 Å². The third-order valence-corrected chi connectivity index (χ3v) is 4.81. The zero-order chi connectivity index (χ0) is 19.0. The molecule has 1 aromatic carbocycles. The Hall–Kier alpha value is -2.62. The number of aliphatic hydroxyl groups is 1. The van der Waals surface area contributed by atoms with Crippen molar-refractivity contribution in [1.29, 1.82) is 0 Å². The number of aliphatic hydroxyl groups excluding tert-OH is 1. The predicted molar refractivity (Wildman–Crippen MR) is 95.6 cm³/mol. The van der Waals surface area contributed by atoms with Crippen LogP contribution in [-0.4, -0.2) is 59.2 Å². The Labute approximate surface area is 156 Å². The van der Waals surface area contributed by atoms with E-state index in [0.29, 0.717) is 18.0 Å². The van der Waals surface area contributed by atoms with Crippen LogP contribution in [0.1, 0.15) is 11.6 Å². The van der Waals surface area contributed by atoms with Gasteiger partial charge in [-0.3, -0.25) is 4.68 Å². The molecule has 3 N–H and O–H groups in total. The molecule has 2 bridgehead atoms. The molecular weight excluding hydrogens is 352 g/mol. The summed E-state index contributed by atoms with van der Waals surface area (Å²) >= 11 is 0. The van der Waals surface area contributed by atoms with Crippen LogP contribution in [0.3, 0.4) is 0 Å². The number of hydrogen-bond acceptors (Lipinski definition) is 6. The number of benzene rings is 1. The number of hydrogen-bond donors (Lipinski definition) is 3. The topological polar surface area (TPSA) is 107 Å². The fraction of sp³-hybridized carbons (Fsp3) is 0.444. The highest BCUT2D eigenvalue weighted by Gasteiger charge is 2.51. The molecule has 0 unspecified atom stereocenters. The number of amides is 2. The number of ether oxygens (including phenoxy) is 3. The lowest BCUT2D eigenvalue weighted by Gasteiger charge is -2.38. The number of aryl methyl sites for hydroxylation is 1. The summed E-state index contributed by atoms with van der Waals surface area (Å²) < 4.78 is 18.2. The van der Waals surface area contributed by atoms with Gasteiger partial charge in [-0.1, -0.05) is 0 Å². The Kier molecular flexibility index (Phi) is 4.73. The number of urea groups is 1. The molecule has 4 rings (SSSR count). The van der Waals surface area contributed by atoms with Crippen molar-refractivity contribution in [3.05, 3.63) is 42.2 Å². The number of carbonyl (C=O) groups excluding carboxylic acids is 1. The Morgan fingerprint density at radius 1 is 1.37 bits per heavy atom. The van der Waals surface area contributed by atoms with Gasteiger partial charge in [0.25, 0.3) is 0 Å². The van der Waals surface area contributed by atoms with Crippen LogP contribution >= 0.6 is 0 Å². The first kappa shape index (κ1) is 17.8. The first-order valence-electron chi connectivity index (χ1n) is 8.72. The number of carbonyl (C=O) groups is 1. The number of nitrogens with one attached hydrogen (secondary N) is 2. The smallest absolute Gasteiger partial charge is 0.319 e. The normalized spacial score (nSPS) is 29.4. The number of aromatic nitrogens is 2. The zero-order valence-electron chi connectivity index (χ0n) is 15.0. The number of fused-ring (bicyclic) bond motifs is 2. The molecule has 27 heavy (non-hydrogen) atoms. The van der Waals surface area contributed by atoms with Gasteiger partial charge in [0.15, 0.2) is 6.29 Å². The van der Waals surface area contributed by atoms with Crippen molar-refractivity contribution in [2.24, 2.45) is 0 Å². The van der Waals surface area contributed by atoms with Gasteiger partial charge >= 0.3 is 6.03 Å². The average molecular weight is 374 g/mol. The first-order valence-corrected chi connectivity index (χ1v) is 8.72. The summed E-state index contributed by atoms with van der Waals surface area (Å²) in [5.41, 5.74) is 1.57. The molecule has 2 saturated heterocycles. The summed E-state index contributed by atoms with van der Waals surface area (Å²) in [6, 6.07) is 5.36. The standard InChI is InChI=1S/C18H22N4O5/c1-10-7-19-22(8-10)15-16(23)14(13-9-26-17(15)27-13)21-18(24)20-11-3-5-12(25-2)6-4-11/h3-8,13-17,23H,9H2,1-2H3,(H2,20,21,24)/t13-,14-,15-,16+,17-/m1/s1. The maximum absolute atomic E-state index is 12.4. The molecule has 2 amide bonds. The maximum atomic E-state index is 12.4. The molecule has 5 atom stereocenters. The fourth-order valence-corrected chi connectivity index (χ4v) is 3.45. The average Bonchev–Trinajstić information content (AvgIpc) is 3.27. The van der Waals surface area contributed by atoms with Gasteiger partial charge in [0.05, 0.1) is 26.0 Å². The Morgan fingerprint density at radius 2 is 2.15 bits per heavy atom. The molecule has 2 aliphatic rings. The highest BCUT2D eigenvalue weighted by Crippen LogP contribution is 2.35. The van der Waals surface area contributed by atoms with Crippen molar-refractivity contribution >= 4 is 11.7 Å². The lowest BCUT2D eigenvalue weighted by Crippen LogP contribution is -2.59. The monoisotopic (exact) mass is 374 g/mol. The summed E-state index contributed by atoms with van der Waals surface area (Å²) in [6.07, 6.45) is 1.60. The van der Waals surface area contributed by atoms with Crippen molar-refractivity contribution in [2.75, 3.05) is 19.0 Å². The minimum absolute atomic E-state index is 0.298. The summed E-state index contributed by atoms with van der Waals surface area (Å²) in [4.78, 5) is 12.4. The van der Waals surface area contributed by atoms with E-state index in [9.17, 15) is 9.90 Å². The minimum Gasteiger partial charge on any atom is -0.497 e. The molecule has 0 radical (unpaired) electrons. The summed E-state index contributed by atoms with van der Waals surface area (Å²) in [5.74, 6) is 0.698. The summed E-state index contributed by atoms with van der Waals surface area (Å²) in [5, 5.41) is 20.7. The Balaban J connectivity index is 1.46. The van der Waals surface area contributed by atoms with Crippen molar-refractivity contribution in [3.63, 3.8) is 0 Å². The molecule has 0 spiro atoms. The fourth-order valence-electron chi connectivity index (χ4n) is 3.45. The Morgan fingerprint density at radius 3 is 2.81 bits per heavy atom. The van der Waals surface area contributed by atoms with Crippen LogP contribution in [0.5, 0.6) is 5.75 Å². The molecule has 2 fully saturated rings. The van der Waals surface area contributed by atoms with Gasteiger partial charge in [0.1, 0.15) is 24.0 Å². The van der Waals surface area contributed by atoms with E-state index < -0.39 is 36.6 Å². The van der Waals surface area contributed by atoms with E-state index in [1.54, 1.807) is 42.3 Å². The summed E-state index contributed by atoms with van der Waals surface area (Å²) in [7, 11) is 1.58. The van der Waals surface area contributed by atoms with Crippen molar-refractivity contribution in [2.45, 2.75) is 37.5 Å². The second-order valence-corrected chi connectivity index (χ2v) is 6.71. The minimum atomic E-state index is -0.905. The molecule has 9 nitrogen and oxygen atoms in total. The highest BCUT2D eigenvalue weighted by atomic mass is 16.7. The molecule has 0 aliphatic carbocycles. The van der Waals surface area contributed by atoms with Crippen molar-refractivity contribution in [3.8, 4) is 5.75 Å². The number of methoxy groups -OCH3 is 1. The van der Waals surface area contributed by atoms with Gasteiger partial charge in [0.2, 0.25) is 0 Å². The van der Waals surface area contributed by atoms with E-state index in [-0.39, 0.29) is 0 Å². The maximum Gasteiger partial charge on any atom is 0.319 e. The van der Waals surface area contributed by atoms with E-state index in [4.69, 9.17) is 14.2 Å². The van der Waals surface area contributed by atoms with Gasteiger partial charge in [-0.15, -0.1) is 0 Å². The summed E-state index contributed by atoms with van der Waals surface area (Å²) in [6.45, 7) is 2.21. The van der Waals surface area contributed by atoms with E-state index in [0.717, 1.165) is 5.56 Å². The lowest BCUT2D eigenvalue weighted by molar-refractivity contribution is -0.166. The van der Waals surface area contributed by atoms with E-state index >= 15 is 0 Å². The largest absolute Gasteiger partial charge is 0.497 e. The van der Waals surface area contributed by atoms with Crippen LogP contribution in [0.2, 0.25) is 0 Å². The van der Waals surface area contributed by atoms with E-state index in [1.807, 2.05) is 13.1 Å². The van der Waals surface area contributed by atoms with E-state index in [1.165, 1.54) is 0 Å². The third-order valence-electron chi connectivity index (χ3n) is 4.81. The number of rotatable bonds is 4. The number of anilines is 1.